The zero-order valence-corrected chi connectivity index (χ0v) is 12.3. The number of nitrogens with two attached hydrogens (primary N) is 1. The Morgan fingerprint density at radius 3 is 3.10 bits per heavy atom. The number of rotatable bonds is 4. The fourth-order valence-corrected chi connectivity index (χ4v) is 3.12. The largest absolute Gasteiger partial charge is 0.419 e. The van der Waals surface area contributed by atoms with E-state index in [2.05, 4.69) is 27.0 Å². The fourth-order valence-electron chi connectivity index (χ4n) is 2.47. The van der Waals surface area contributed by atoms with E-state index in [1.807, 2.05) is 17.5 Å². The second-order valence-electron chi connectivity index (χ2n) is 5.10. The molecule has 0 bridgehead atoms. The van der Waals surface area contributed by atoms with Crippen molar-refractivity contribution in [2.75, 3.05) is 33.2 Å². The highest BCUT2D eigenvalue weighted by Gasteiger charge is 2.25. The van der Waals surface area contributed by atoms with Crippen LogP contribution in [0, 0.1) is 0 Å². The van der Waals surface area contributed by atoms with Gasteiger partial charge in [-0.2, -0.15) is 0 Å². The fraction of sp³-hybridized carbons (Fsp3) is 0.538. The zero-order chi connectivity index (χ0) is 13.9. The molecule has 0 aliphatic carbocycles. The molecule has 20 heavy (non-hydrogen) atoms. The molecule has 1 atom stereocenters. The first-order valence-electron chi connectivity index (χ1n) is 6.75. The van der Waals surface area contributed by atoms with Crippen molar-refractivity contribution in [3.63, 3.8) is 0 Å². The van der Waals surface area contributed by atoms with E-state index in [-0.39, 0.29) is 0 Å². The molecular weight excluding hydrogens is 274 g/mol. The molecule has 2 aromatic heterocycles. The molecule has 1 aliphatic rings. The summed E-state index contributed by atoms with van der Waals surface area (Å²) in [5.74, 6) is 1.27. The molecule has 1 aliphatic heterocycles. The molecular formula is C13H19N5OS. The quantitative estimate of drug-likeness (QED) is 0.902. The minimum atomic E-state index is 0.353. The van der Waals surface area contributed by atoms with Crippen LogP contribution < -0.4 is 5.73 Å². The number of aromatic nitrogens is 2. The number of piperazine rings is 1. The molecule has 0 amide bonds. The number of likely N-dealkylation sites (N-methyl/N-ethyl adjacent to an activating group) is 1. The van der Waals surface area contributed by atoms with Crippen LogP contribution in [-0.4, -0.2) is 59.3 Å². The van der Waals surface area contributed by atoms with Crippen LogP contribution in [0.2, 0.25) is 0 Å². The van der Waals surface area contributed by atoms with Crippen molar-refractivity contribution >= 4 is 11.3 Å². The van der Waals surface area contributed by atoms with Gasteiger partial charge in [0.2, 0.25) is 5.89 Å². The molecule has 2 N–H and O–H groups in total. The molecule has 3 rings (SSSR count). The van der Waals surface area contributed by atoms with E-state index in [4.69, 9.17) is 10.2 Å². The van der Waals surface area contributed by atoms with Crippen molar-refractivity contribution < 1.29 is 4.42 Å². The third-order valence-electron chi connectivity index (χ3n) is 3.62. The minimum absolute atomic E-state index is 0.353. The number of nitrogens with zero attached hydrogens (tertiary/aromatic N) is 4. The van der Waals surface area contributed by atoms with Crippen LogP contribution in [0.4, 0.5) is 0 Å². The lowest BCUT2D eigenvalue weighted by atomic mass is 10.2. The Labute approximate surface area is 122 Å². The molecule has 2 aromatic rings. The SMILES string of the molecule is CN1CCN(Cc2nnc(-c3cccs3)o2)C(CN)C1. The third-order valence-corrected chi connectivity index (χ3v) is 4.47. The van der Waals surface area contributed by atoms with Gasteiger partial charge in [0.15, 0.2) is 0 Å². The van der Waals surface area contributed by atoms with Gasteiger partial charge in [0, 0.05) is 32.2 Å². The third kappa shape index (κ3) is 2.90. The topological polar surface area (TPSA) is 71.4 Å². The molecule has 1 unspecified atom stereocenters. The summed E-state index contributed by atoms with van der Waals surface area (Å²) in [7, 11) is 2.13. The average Bonchev–Trinajstić information content (AvgIpc) is 3.11. The van der Waals surface area contributed by atoms with Crippen LogP contribution >= 0.6 is 11.3 Å². The van der Waals surface area contributed by atoms with E-state index in [9.17, 15) is 0 Å². The molecule has 108 valence electrons. The Bertz CT molecular complexity index is 541. The molecule has 7 heteroatoms. The van der Waals surface area contributed by atoms with Gasteiger partial charge in [0.25, 0.3) is 5.89 Å². The van der Waals surface area contributed by atoms with Crippen molar-refractivity contribution in [1.82, 2.24) is 20.0 Å². The van der Waals surface area contributed by atoms with Crippen molar-refractivity contribution in [3.05, 3.63) is 23.4 Å². The first-order valence-corrected chi connectivity index (χ1v) is 7.63. The van der Waals surface area contributed by atoms with E-state index >= 15 is 0 Å². The lowest BCUT2D eigenvalue weighted by Gasteiger charge is -2.38. The van der Waals surface area contributed by atoms with Crippen LogP contribution in [0.15, 0.2) is 21.9 Å². The van der Waals surface area contributed by atoms with Crippen LogP contribution in [-0.2, 0) is 6.54 Å². The molecule has 3 heterocycles. The molecule has 0 saturated carbocycles. The van der Waals surface area contributed by atoms with Crippen molar-refractivity contribution in [3.8, 4) is 10.8 Å². The highest BCUT2D eigenvalue weighted by molar-refractivity contribution is 7.13. The lowest BCUT2D eigenvalue weighted by Crippen LogP contribution is -2.54. The normalized spacial score (nSPS) is 21.4. The van der Waals surface area contributed by atoms with Gasteiger partial charge in [-0.3, -0.25) is 4.90 Å². The molecule has 0 aromatic carbocycles. The first kappa shape index (κ1) is 13.7. The van der Waals surface area contributed by atoms with E-state index in [1.54, 1.807) is 11.3 Å². The predicted octanol–water partition coefficient (Wildman–Crippen LogP) is 0.873. The maximum atomic E-state index is 5.86. The summed E-state index contributed by atoms with van der Waals surface area (Å²) < 4.78 is 5.74. The standard InChI is InChI=1S/C13H19N5OS/c1-17-4-5-18(10(7-14)8-17)9-12-15-16-13(19-12)11-3-2-6-20-11/h2-3,6,10H,4-5,7-9,14H2,1H3. The monoisotopic (exact) mass is 293 g/mol. The molecule has 1 saturated heterocycles. The summed E-state index contributed by atoms with van der Waals surface area (Å²) >= 11 is 1.60. The van der Waals surface area contributed by atoms with E-state index < -0.39 is 0 Å². The Morgan fingerprint density at radius 1 is 1.45 bits per heavy atom. The number of hydrogen-bond donors (Lipinski definition) is 1. The number of hydrogen-bond acceptors (Lipinski definition) is 7. The highest BCUT2D eigenvalue weighted by atomic mass is 32.1. The number of thiophene rings is 1. The summed E-state index contributed by atoms with van der Waals surface area (Å²) in [4.78, 5) is 5.64. The molecule has 1 fully saturated rings. The van der Waals surface area contributed by atoms with Crippen LogP contribution in [0.3, 0.4) is 0 Å². The second kappa shape index (κ2) is 6.01. The smallest absolute Gasteiger partial charge is 0.257 e. The first-order chi connectivity index (χ1) is 9.76. The lowest BCUT2D eigenvalue weighted by molar-refractivity contribution is 0.0806. The maximum absolute atomic E-state index is 5.86. The molecule has 0 spiro atoms. The summed E-state index contributed by atoms with van der Waals surface area (Å²) in [6, 6.07) is 4.32. The van der Waals surface area contributed by atoms with Crippen molar-refractivity contribution in [1.29, 1.82) is 0 Å². The Kier molecular flexibility index (Phi) is 4.11. The van der Waals surface area contributed by atoms with Gasteiger partial charge in [0.1, 0.15) is 0 Å². The molecule has 0 radical (unpaired) electrons. The van der Waals surface area contributed by atoms with Gasteiger partial charge in [0.05, 0.1) is 11.4 Å². The summed E-state index contributed by atoms with van der Waals surface area (Å²) in [6.45, 7) is 4.34. The van der Waals surface area contributed by atoms with Crippen LogP contribution in [0.25, 0.3) is 10.8 Å². The van der Waals surface area contributed by atoms with Gasteiger partial charge < -0.3 is 15.1 Å². The summed E-state index contributed by atoms with van der Waals surface area (Å²) in [6.07, 6.45) is 0. The Balaban J connectivity index is 1.68. The average molecular weight is 293 g/mol. The van der Waals surface area contributed by atoms with Crippen LogP contribution in [0.5, 0.6) is 0 Å². The summed E-state index contributed by atoms with van der Waals surface area (Å²) in [5.41, 5.74) is 5.86. The maximum Gasteiger partial charge on any atom is 0.257 e. The van der Waals surface area contributed by atoms with E-state index in [0.717, 1.165) is 24.5 Å². The van der Waals surface area contributed by atoms with Gasteiger partial charge in [-0.15, -0.1) is 21.5 Å². The van der Waals surface area contributed by atoms with Crippen molar-refractivity contribution in [2.24, 2.45) is 5.73 Å². The Hall–Kier alpha value is -1.28. The Morgan fingerprint density at radius 2 is 2.35 bits per heavy atom. The van der Waals surface area contributed by atoms with E-state index in [1.165, 1.54) is 0 Å². The minimum Gasteiger partial charge on any atom is -0.419 e. The highest BCUT2D eigenvalue weighted by Crippen LogP contribution is 2.23. The van der Waals surface area contributed by atoms with E-state index in [0.29, 0.717) is 30.9 Å². The second-order valence-corrected chi connectivity index (χ2v) is 6.05. The molecule has 6 nitrogen and oxygen atoms in total. The van der Waals surface area contributed by atoms with Gasteiger partial charge >= 0.3 is 0 Å². The summed E-state index contributed by atoms with van der Waals surface area (Å²) in [5, 5.41) is 10.3. The van der Waals surface area contributed by atoms with Gasteiger partial charge in [-0.25, -0.2) is 0 Å². The van der Waals surface area contributed by atoms with Crippen LogP contribution in [0.1, 0.15) is 5.89 Å². The van der Waals surface area contributed by atoms with Crippen molar-refractivity contribution in [2.45, 2.75) is 12.6 Å². The van der Waals surface area contributed by atoms with Gasteiger partial charge in [-0.05, 0) is 18.5 Å². The van der Waals surface area contributed by atoms with Gasteiger partial charge in [-0.1, -0.05) is 6.07 Å². The predicted molar refractivity (Wildman–Crippen MR) is 78.4 cm³/mol. The zero-order valence-electron chi connectivity index (χ0n) is 11.5.